The molecule has 4 nitrogen and oxygen atoms in total. The number of nitrogens with one attached hydrogen (secondary N) is 1. The first-order chi connectivity index (χ1) is 13.1. The third kappa shape index (κ3) is 5.88. The Labute approximate surface area is 159 Å². The highest BCUT2D eigenvalue weighted by atomic mass is 19.4. The average molecular weight is 397 g/mol. The molecule has 0 radical (unpaired) electrons. The molecule has 0 fully saturated rings. The molecule has 2 rings (SSSR count). The standard InChI is InChI=1S/C20H19F4NO3/c1-12(26)6-7-25-11-14-10-15(20(22,23)24)3-4-16(14)17-8-13(9-19(27)28)2-5-18(17)21/h2-5,8,10,25H,6-7,9,11H2,1H3,(H,27,28). The highest BCUT2D eigenvalue weighted by Gasteiger charge is 2.31. The zero-order chi connectivity index (χ0) is 20.9. The second kappa shape index (κ2) is 8.97. The molecular formula is C20H19F4NO3. The summed E-state index contributed by atoms with van der Waals surface area (Å²) in [4.78, 5) is 21.9. The summed E-state index contributed by atoms with van der Waals surface area (Å²) < 4.78 is 53.6. The number of carbonyl (C=O) groups excluding carboxylic acids is 1. The summed E-state index contributed by atoms with van der Waals surface area (Å²) in [6, 6.07) is 6.70. The fourth-order valence-corrected chi connectivity index (χ4v) is 2.73. The Hall–Kier alpha value is -2.74. The van der Waals surface area contributed by atoms with Crippen molar-refractivity contribution >= 4 is 11.8 Å². The number of halogens is 4. The third-order valence-corrected chi connectivity index (χ3v) is 4.08. The van der Waals surface area contributed by atoms with E-state index in [9.17, 15) is 27.2 Å². The summed E-state index contributed by atoms with van der Waals surface area (Å²) in [6.45, 7) is 1.67. The lowest BCUT2D eigenvalue weighted by atomic mass is 9.95. The highest BCUT2D eigenvalue weighted by molar-refractivity contribution is 5.75. The number of carboxylic acid groups (broad SMARTS) is 1. The summed E-state index contributed by atoms with van der Waals surface area (Å²) in [5.41, 5.74) is -0.0883. The number of ketones is 1. The molecule has 0 aromatic heterocycles. The van der Waals surface area contributed by atoms with Gasteiger partial charge in [0, 0.05) is 25.1 Å². The zero-order valence-corrected chi connectivity index (χ0v) is 15.1. The minimum Gasteiger partial charge on any atom is -0.481 e. The van der Waals surface area contributed by atoms with Gasteiger partial charge in [0.15, 0.2) is 0 Å². The van der Waals surface area contributed by atoms with Crippen molar-refractivity contribution in [2.45, 2.75) is 32.5 Å². The van der Waals surface area contributed by atoms with Gasteiger partial charge < -0.3 is 10.4 Å². The Morgan fingerprint density at radius 1 is 1.07 bits per heavy atom. The molecule has 0 atom stereocenters. The van der Waals surface area contributed by atoms with E-state index < -0.39 is 23.5 Å². The molecule has 0 aliphatic rings. The number of alkyl halides is 3. The maximum Gasteiger partial charge on any atom is 0.416 e. The smallest absolute Gasteiger partial charge is 0.416 e. The second-order valence-electron chi connectivity index (χ2n) is 6.38. The number of benzene rings is 2. The van der Waals surface area contributed by atoms with Crippen molar-refractivity contribution in [3.63, 3.8) is 0 Å². The molecule has 0 heterocycles. The van der Waals surface area contributed by atoms with Gasteiger partial charge in [0.1, 0.15) is 11.6 Å². The molecule has 0 bridgehead atoms. The van der Waals surface area contributed by atoms with Crippen LogP contribution in [0.2, 0.25) is 0 Å². The van der Waals surface area contributed by atoms with Gasteiger partial charge in [-0.2, -0.15) is 13.2 Å². The van der Waals surface area contributed by atoms with E-state index in [0.29, 0.717) is 5.56 Å². The molecule has 8 heteroatoms. The summed E-state index contributed by atoms with van der Waals surface area (Å²) in [5.74, 6) is -1.83. The Morgan fingerprint density at radius 3 is 2.39 bits per heavy atom. The Balaban J connectivity index is 2.44. The van der Waals surface area contributed by atoms with Gasteiger partial charge in [-0.25, -0.2) is 4.39 Å². The van der Waals surface area contributed by atoms with E-state index in [4.69, 9.17) is 5.11 Å². The van der Waals surface area contributed by atoms with Crippen LogP contribution < -0.4 is 5.32 Å². The largest absolute Gasteiger partial charge is 0.481 e. The Morgan fingerprint density at radius 2 is 1.79 bits per heavy atom. The van der Waals surface area contributed by atoms with E-state index in [1.807, 2.05) is 0 Å². The molecule has 0 saturated heterocycles. The van der Waals surface area contributed by atoms with Crippen LogP contribution in [0, 0.1) is 5.82 Å². The molecule has 0 aliphatic heterocycles. The molecule has 0 spiro atoms. The number of carboxylic acids is 1. The second-order valence-corrected chi connectivity index (χ2v) is 6.38. The van der Waals surface area contributed by atoms with Gasteiger partial charge >= 0.3 is 12.1 Å². The Bertz CT molecular complexity index is 878. The maximum absolute atomic E-state index is 14.4. The topological polar surface area (TPSA) is 66.4 Å². The van der Waals surface area contributed by atoms with Crippen molar-refractivity contribution in [3.8, 4) is 11.1 Å². The minimum atomic E-state index is -4.56. The van der Waals surface area contributed by atoms with Crippen molar-refractivity contribution < 1.29 is 32.3 Å². The third-order valence-electron chi connectivity index (χ3n) is 4.08. The molecule has 0 saturated carbocycles. The maximum atomic E-state index is 14.4. The number of rotatable bonds is 8. The predicted octanol–water partition coefficient (Wildman–Crippen LogP) is 4.21. The monoisotopic (exact) mass is 397 g/mol. The van der Waals surface area contributed by atoms with E-state index in [2.05, 4.69) is 5.32 Å². The van der Waals surface area contributed by atoms with E-state index >= 15 is 0 Å². The summed E-state index contributed by atoms with van der Waals surface area (Å²) in [5, 5.41) is 11.8. The van der Waals surface area contributed by atoms with E-state index in [-0.39, 0.29) is 48.4 Å². The number of aliphatic carboxylic acids is 1. The van der Waals surface area contributed by atoms with Crippen LogP contribution >= 0.6 is 0 Å². The van der Waals surface area contributed by atoms with Crippen LogP contribution in [0.5, 0.6) is 0 Å². The first-order valence-corrected chi connectivity index (χ1v) is 8.49. The molecule has 150 valence electrons. The fourth-order valence-electron chi connectivity index (χ4n) is 2.73. The van der Waals surface area contributed by atoms with E-state index in [0.717, 1.165) is 18.2 Å². The first-order valence-electron chi connectivity index (χ1n) is 8.49. The van der Waals surface area contributed by atoms with Crippen LogP contribution in [0.4, 0.5) is 17.6 Å². The van der Waals surface area contributed by atoms with Gasteiger partial charge in [0.05, 0.1) is 12.0 Å². The fraction of sp³-hybridized carbons (Fsp3) is 0.300. The molecule has 28 heavy (non-hydrogen) atoms. The van der Waals surface area contributed by atoms with Crippen molar-refractivity contribution in [2.24, 2.45) is 0 Å². The predicted molar refractivity (Wildman–Crippen MR) is 95.2 cm³/mol. The van der Waals surface area contributed by atoms with Gasteiger partial charge in [-0.1, -0.05) is 12.1 Å². The summed E-state index contributed by atoms with van der Waals surface area (Å²) >= 11 is 0. The first kappa shape index (κ1) is 21.6. The highest BCUT2D eigenvalue weighted by Crippen LogP contribution is 2.34. The molecule has 0 unspecified atom stereocenters. The van der Waals surface area contributed by atoms with Gasteiger partial charge in [-0.3, -0.25) is 9.59 Å². The van der Waals surface area contributed by atoms with Crippen molar-refractivity contribution in [1.82, 2.24) is 5.32 Å². The molecular weight excluding hydrogens is 378 g/mol. The molecule has 2 aromatic carbocycles. The normalized spacial score (nSPS) is 11.5. The summed E-state index contributed by atoms with van der Waals surface area (Å²) in [6.07, 6.45) is -4.67. The lowest BCUT2D eigenvalue weighted by Gasteiger charge is -2.16. The SMILES string of the molecule is CC(=O)CCNCc1cc(C(F)(F)F)ccc1-c1cc(CC(=O)O)ccc1F. The van der Waals surface area contributed by atoms with Crippen LogP contribution in [-0.4, -0.2) is 23.4 Å². The molecule has 2 aromatic rings. The van der Waals surface area contributed by atoms with Gasteiger partial charge in [-0.15, -0.1) is 0 Å². The number of Topliss-reactive ketones (excluding diaryl/α,β-unsaturated/α-hetero) is 1. The number of carbonyl (C=O) groups is 2. The van der Waals surface area contributed by atoms with Crippen molar-refractivity contribution in [1.29, 1.82) is 0 Å². The minimum absolute atomic E-state index is 0.00483. The van der Waals surface area contributed by atoms with Gasteiger partial charge in [0.25, 0.3) is 0 Å². The number of hydrogen-bond donors (Lipinski definition) is 2. The lowest BCUT2D eigenvalue weighted by Crippen LogP contribution is -2.18. The van der Waals surface area contributed by atoms with Crippen molar-refractivity contribution in [3.05, 3.63) is 58.9 Å². The van der Waals surface area contributed by atoms with Crippen LogP contribution in [0.1, 0.15) is 30.0 Å². The number of hydrogen-bond acceptors (Lipinski definition) is 3. The molecule has 0 amide bonds. The summed E-state index contributed by atoms with van der Waals surface area (Å²) in [7, 11) is 0. The zero-order valence-electron chi connectivity index (χ0n) is 15.1. The Kier molecular flexibility index (Phi) is 6.90. The van der Waals surface area contributed by atoms with Crippen LogP contribution in [0.3, 0.4) is 0 Å². The molecule has 0 aliphatic carbocycles. The van der Waals surface area contributed by atoms with E-state index in [1.54, 1.807) is 0 Å². The quantitative estimate of drug-likeness (QED) is 0.517. The van der Waals surface area contributed by atoms with Gasteiger partial charge in [-0.05, 0) is 47.9 Å². The lowest BCUT2D eigenvalue weighted by molar-refractivity contribution is -0.138. The van der Waals surface area contributed by atoms with Gasteiger partial charge in [0.2, 0.25) is 0 Å². The van der Waals surface area contributed by atoms with E-state index in [1.165, 1.54) is 25.1 Å². The van der Waals surface area contributed by atoms with Crippen molar-refractivity contribution in [2.75, 3.05) is 6.54 Å². The van der Waals surface area contributed by atoms with Crippen LogP contribution in [0.15, 0.2) is 36.4 Å². The van der Waals surface area contributed by atoms with Crippen LogP contribution in [0.25, 0.3) is 11.1 Å². The molecule has 2 N–H and O–H groups in total. The average Bonchev–Trinajstić information content (AvgIpc) is 2.59. The van der Waals surface area contributed by atoms with Crippen LogP contribution in [-0.2, 0) is 28.7 Å².